The predicted octanol–water partition coefficient (Wildman–Crippen LogP) is 5.92. The zero-order valence-corrected chi connectivity index (χ0v) is 12.2. The average molecular weight is 322 g/mol. The van der Waals surface area contributed by atoms with Crippen LogP contribution in [0.1, 0.15) is 0 Å². The molecule has 2 aromatic rings. The third-order valence-electron chi connectivity index (χ3n) is 2.01. The van der Waals surface area contributed by atoms with Crippen LogP contribution in [0.15, 0.2) is 48.5 Å². The average Bonchev–Trinajstić information content (AvgIpc) is 2.35. The monoisotopic (exact) mass is 320 g/mol. The van der Waals surface area contributed by atoms with Crippen molar-refractivity contribution in [3.8, 4) is 11.5 Å². The van der Waals surface area contributed by atoms with Crippen LogP contribution in [-0.4, -0.2) is 0 Å². The van der Waals surface area contributed by atoms with Crippen molar-refractivity contribution in [1.82, 2.24) is 0 Å². The third-order valence-corrected chi connectivity index (χ3v) is 3.73. The van der Waals surface area contributed by atoms with Crippen LogP contribution in [0.3, 0.4) is 0 Å². The number of halogens is 3. The molecule has 0 radical (unpaired) electrons. The maximum absolute atomic E-state index is 6.00. The van der Waals surface area contributed by atoms with Crippen molar-refractivity contribution in [3.05, 3.63) is 58.6 Å². The highest BCUT2D eigenvalue weighted by Gasteiger charge is 2.14. The molecule has 0 aliphatic rings. The first-order valence-electron chi connectivity index (χ1n) is 4.98. The van der Waals surface area contributed by atoms with Crippen molar-refractivity contribution in [2.75, 3.05) is 0 Å². The molecule has 6 heteroatoms. The lowest BCUT2D eigenvalue weighted by atomic mass is 10.3. The van der Waals surface area contributed by atoms with Crippen molar-refractivity contribution in [3.63, 3.8) is 0 Å². The summed E-state index contributed by atoms with van der Waals surface area (Å²) < 4.78 is 10.8. The molecule has 0 aromatic heterocycles. The van der Waals surface area contributed by atoms with Gasteiger partial charge in [-0.2, -0.15) is 0 Å². The quantitative estimate of drug-likeness (QED) is 0.651. The van der Waals surface area contributed by atoms with E-state index in [1.165, 1.54) is 0 Å². The summed E-state index contributed by atoms with van der Waals surface area (Å²) in [6, 6.07) is 14.1. The Bertz CT molecular complexity index is 489. The molecule has 2 nitrogen and oxygen atoms in total. The Labute approximate surface area is 121 Å². The minimum atomic E-state index is -1.66. The van der Waals surface area contributed by atoms with E-state index in [0.717, 1.165) is 0 Å². The molecule has 0 bridgehead atoms. The van der Waals surface area contributed by atoms with E-state index in [0.29, 0.717) is 21.5 Å². The van der Waals surface area contributed by atoms with Crippen LogP contribution in [-0.2, 0) is 0 Å². The Balaban J connectivity index is 2.04. The van der Waals surface area contributed by atoms with E-state index < -0.39 is 7.73 Å². The van der Waals surface area contributed by atoms with Gasteiger partial charge in [-0.3, -0.25) is 0 Å². The molecule has 0 unspecified atom stereocenters. The molecule has 2 rings (SSSR count). The summed E-state index contributed by atoms with van der Waals surface area (Å²) >= 11 is 17.9. The number of hydrogen-bond acceptors (Lipinski definition) is 2. The van der Waals surface area contributed by atoms with Crippen molar-refractivity contribution < 1.29 is 9.05 Å². The Kier molecular flexibility index (Phi) is 4.96. The second kappa shape index (κ2) is 6.49. The summed E-state index contributed by atoms with van der Waals surface area (Å²) in [6.45, 7) is 0. The Morgan fingerprint density at radius 2 is 1.11 bits per heavy atom. The van der Waals surface area contributed by atoms with Gasteiger partial charge in [0.15, 0.2) is 0 Å². The van der Waals surface area contributed by atoms with Crippen molar-refractivity contribution in [2.45, 2.75) is 0 Å². The highest BCUT2D eigenvalue weighted by Crippen LogP contribution is 2.47. The van der Waals surface area contributed by atoms with E-state index >= 15 is 0 Å². The van der Waals surface area contributed by atoms with Gasteiger partial charge in [-0.05, 0) is 35.5 Å². The zero-order chi connectivity index (χ0) is 13.0. The fourth-order valence-corrected chi connectivity index (χ4v) is 2.78. The Morgan fingerprint density at radius 1 is 0.722 bits per heavy atom. The second-order valence-electron chi connectivity index (χ2n) is 3.26. The lowest BCUT2D eigenvalue weighted by Crippen LogP contribution is -1.91. The first-order valence-corrected chi connectivity index (χ1v) is 7.81. The summed E-state index contributed by atoms with van der Waals surface area (Å²) in [7, 11) is -1.66. The summed E-state index contributed by atoms with van der Waals surface area (Å²) in [4.78, 5) is 0. The van der Waals surface area contributed by atoms with E-state index in [2.05, 4.69) is 0 Å². The van der Waals surface area contributed by atoms with Gasteiger partial charge in [0.1, 0.15) is 11.5 Å². The molecule has 0 fully saturated rings. The molecule has 0 atom stereocenters. The predicted molar refractivity (Wildman–Crippen MR) is 76.9 cm³/mol. The van der Waals surface area contributed by atoms with Crippen LogP contribution in [0, 0.1) is 0 Å². The normalized spacial score (nSPS) is 10.4. The molecule has 18 heavy (non-hydrogen) atoms. The summed E-state index contributed by atoms with van der Waals surface area (Å²) in [5, 5.41) is 0.960. The number of hydrogen-bond donors (Lipinski definition) is 0. The molecule has 0 aliphatic carbocycles. The molecule has 0 saturated carbocycles. The van der Waals surface area contributed by atoms with Gasteiger partial charge in [-0.25, -0.2) is 0 Å². The molecule has 2 aromatic carbocycles. The molecular formula is C12H8Cl3O2P. The van der Waals surface area contributed by atoms with Gasteiger partial charge in [0.05, 0.1) is 10.0 Å². The molecule has 0 N–H and O–H groups in total. The minimum Gasteiger partial charge on any atom is -0.426 e. The van der Waals surface area contributed by atoms with Crippen LogP contribution < -0.4 is 9.05 Å². The molecule has 0 saturated heterocycles. The van der Waals surface area contributed by atoms with Gasteiger partial charge in [-0.15, -0.1) is 0 Å². The number of para-hydroxylation sites is 2. The Hall–Kier alpha value is -0.660. The first kappa shape index (κ1) is 13.8. The van der Waals surface area contributed by atoms with Crippen LogP contribution in [0.4, 0.5) is 0 Å². The topological polar surface area (TPSA) is 18.5 Å². The van der Waals surface area contributed by atoms with Crippen LogP contribution in [0.5, 0.6) is 11.5 Å². The maximum Gasteiger partial charge on any atom is 0.401 e. The standard InChI is InChI=1S/C12H8Cl3O2P/c13-9-5-1-3-7-11(9)16-18(15)17-12-8-4-2-6-10(12)14/h1-8H. The van der Waals surface area contributed by atoms with E-state index in [9.17, 15) is 0 Å². The van der Waals surface area contributed by atoms with Crippen molar-refractivity contribution in [1.29, 1.82) is 0 Å². The fourth-order valence-electron chi connectivity index (χ4n) is 1.21. The summed E-state index contributed by atoms with van der Waals surface area (Å²) in [5.74, 6) is 0.958. The van der Waals surface area contributed by atoms with Gasteiger partial charge >= 0.3 is 7.73 Å². The lowest BCUT2D eigenvalue weighted by Gasteiger charge is -2.13. The van der Waals surface area contributed by atoms with Gasteiger partial charge in [0.25, 0.3) is 0 Å². The van der Waals surface area contributed by atoms with Crippen LogP contribution in [0.2, 0.25) is 10.0 Å². The fraction of sp³-hybridized carbons (Fsp3) is 0. The summed E-state index contributed by atoms with van der Waals surface area (Å²) in [5.41, 5.74) is 0. The van der Waals surface area contributed by atoms with E-state index in [1.807, 2.05) is 0 Å². The molecule has 0 heterocycles. The minimum absolute atomic E-state index is 0.479. The van der Waals surface area contributed by atoms with E-state index in [-0.39, 0.29) is 0 Å². The van der Waals surface area contributed by atoms with E-state index in [4.69, 9.17) is 43.5 Å². The van der Waals surface area contributed by atoms with Crippen LogP contribution in [0.25, 0.3) is 0 Å². The lowest BCUT2D eigenvalue weighted by molar-refractivity contribution is 0.508. The number of benzene rings is 2. The second-order valence-corrected chi connectivity index (χ2v) is 5.69. The maximum atomic E-state index is 6.00. The van der Waals surface area contributed by atoms with Crippen LogP contribution >= 0.6 is 42.2 Å². The Morgan fingerprint density at radius 3 is 1.50 bits per heavy atom. The zero-order valence-electron chi connectivity index (χ0n) is 9.02. The van der Waals surface area contributed by atoms with Crippen molar-refractivity contribution in [2.24, 2.45) is 0 Å². The molecule has 0 amide bonds. The SMILES string of the molecule is Clc1ccccc1OP(Cl)Oc1ccccc1Cl. The molecule has 0 spiro atoms. The first-order chi connectivity index (χ1) is 8.66. The van der Waals surface area contributed by atoms with E-state index in [1.54, 1.807) is 48.5 Å². The smallest absolute Gasteiger partial charge is 0.401 e. The van der Waals surface area contributed by atoms with Gasteiger partial charge in [-0.1, -0.05) is 47.5 Å². The van der Waals surface area contributed by atoms with Gasteiger partial charge in [0, 0.05) is 0 Å². The molecular weight excluding hydrogens is 313 g/mol. The highest BCUT2D eigenvalue weighted by atomic mass is 35.7. The van der Waals surface area contributed by atoms with Gasteiger partial charge < -0.3 is 9.05 Å². The molecule has 0 aliphatic heterocycles. The number of rotatable bonds is 4. The third kappa shape index (κ3) is 3.66. The highest BCUT2D eigenvalue weighted by molar-refractivity contribution is 7.76. The molecule has 94 valence electrons. The van der Waals surface area contributed by atoms with Gasteiger partial charge in [0.2, 0.25) is 0 Å². The summed E-state index contributed by atoms with van der Waals surface area (Å²) in [6.07, 6.45) is 0. The van der Waals surface area contributed by atoms with Crippen molar-refractivity contribution >= 4 is 42.2 Å². The largest absolute Gasteiger partial charge is 0.426 e.